The van der Waals surface area contributed by atoms with Gasteiger partial charge in [-0.15, -0.1) is 11.3 Å². The number of para-hydroxylation sites is 1. The number of thiazole rings is 1. The molecule has 0 fully saturated rings. The van der Waals surface area contributed by atoms with Crippen LogP contribution < -0.4 is 10.6 Å². The van der Waals surface area contributed by atoms with E-state index in [0.717, 1.165) is 23.2 Å². The highest BCUT2D eigenvalue weighted by Crippen LogP contribution is 2.17. The van der Waals surface area contributed by atoms with Crippen molar-refractivity contribution in [3.63, 3.8) is 0 Å². The predicted molar refractivity (Wildman–Crippen MR) is 73.8 cm³/mol. The smallest absolute Gasteiger partial charge is 0.313 e. The van der Waals surface area contributed by atoms with Crippen LogP contribution in [-0.4, -0.2) is 23.3 Å². The van der Waals surface area contributed by atoms with E-state index >= 15 is 0 Å². The first-order chi connectivity index (χ1) is 10.1. The van der Waals surface area contributed by atoms with Gasteiger partial charge in [-0.25, -0.2) is 13.8 Å². The second-order valence-corrected chi connectivity index (χ2v) is 4.96. The summed E-state index contributed by atoms with van der Waals surface area (Å²) in [6.45, 7) is 0.208. The standard InChI is InChI=1S/C13H11F2N3O2S/c14-8-2-1-3-9(15)11(8)18-13(20)12(19)17-5-4-10-16-6-7-21-10/h1-3,6-7H,4-5H2,(H,17,19)(H,18,20). The van der Waals surface area contributed by atoms with Gasteiger partial charge >= 0.3 is 11.8 Å². The first kappa shape index (κ1) is 15.0. The molecule has 2 aromatic rings. The van der Waals surface area contributed by atoms with E-state index in [-0.39, 0.29) is 6.54 Å². The number of anilines is 1. The molecule has 0 radical (unpaired) electrons. The number of aromatic nitrogens is 1. The molecule has 0 bridgehead atoms. The number of rotatable bonds is 4. The second kappa shape index (κ2) is 6.89. The number of carbonyl (C=O) groups is 2. The molecule has 5 nitrogen and oxygen atoms in total. The third-order valence-corrected chi connectivity index (χ3v) is 3.35. The van der Waals surface area contributed by atoms with E-state index < -0.39 is 29.1 Å². The second-order valence-electron chi connectivity index (χ2n) is 3.98. The molecule has 0 saturated carbocycles. The van der Waals surface area contributed by atoms with E-state index in [4.69, 9.17) is 0 Å². The van der Waals surface area contributed by atoms with Gasteiger partial charge in [0.05, 0.1) is 5.01 Å². The molecule has 0 atom stereocenters. The summed E-state index contributed by atoms with van der Waals surface area (Å²) >= 11 is 1.43. The molecule has 1 aromatic carbocycles. The SMILES string of the molecule is O=C(NCCc1nccs1)C(=O)Nc1c(F)cccc1F. The molecule has 8 heteroatoms. The van der Waals surface area contributed by atoms with Crippen molar-refractivity contribution in [3.05, 3.63) is 46.4 Å². The van der Waals surface area contributed by atoms with Gasteiger partial charge in [0, 0.05) is 24.5 Å². The molecular weight excluding hydrogens is 300 g/mol. The molecule has 2 N–H and O–H groups in total. The third-order valence-electron chi connectivity index (χ3n) is 2.52. The molecule has 1 aromatic heterocycles. The van der Waals surface area contributed by atoms with Gasteiger partial charge < -0.3 is 10.6 Å². The zero-order chi connectivity index (χ0) is 15.2. The van der Waals surface area contributed by atoms with Crippen molar-refractivity contribution in [1.82, 2.24) is 10.3 Å². The lowest BCUT2D eigenvalue weighted by molar-refractivity contribution is -0.136. The van der Waals surface area contributed by atoms with Gasteiger partial charge in [-0.05, 0) is 12.1 Å². The minimum atomic E-state index is -1.13. The van der Waals surface area contributed by atoms with Gasteiger partial charge in [0.2, 0.25) is 0 Å². The maximum Gasteiger partial charge on any atom is 0.313 e. The highest BCUT2D eigenvalue weighted by Gasteiger charge is 2.17. The van der Waals surface area contributed by atoms with Gasteiger partial charge in [0.25, 0.3) is 0 Å². The summed E-state index contributed by atoms with van der Waals surface area (Å²) in [6.07, 6.45) is 2.11. The predicted octanol–water partition coefficient (Wildman–Crippen LogP) is 1.72. The molecule has 2 rings (SSSR count). The number of hydrogen-bond donors (Lipinski definition) is 2. The monoisotopic (exact) mass is 311 g/mol. The van der Waals surface area contributed by atoms with Crippen molar-refractivity contribution < 1.29 is 18.4 Å². The normalized spacial score (nSPS) is 10.2. The summed E-state index contributed by atoms with van der Waals surface area (Å²) in [5, 5.41) is 6.87. The van der Waals surface area contributed by atoms with E-state index in [0.29, 0.717) is 6.42 Å². The van der Waals surface area contributed by atoms with Crippen LogP contribution in [0.5, 0.6) is 0 Å². The minimum absolute atomic E-state index is 0.208. The maximum atomic E-state index is 13.3. The number of amides is 2. The van der Waals surface area contributed by atoms with Crippen molar-refractivity contribution >= 4 is 28.8 Å². The first-order valence-electron chi connectivity index (χ1n) is 5.99. The van der Waals surface area contributed by atoms with E-state index in [1.807, 2.05) is 5.32 Å². The van der Waals surface area contributed by atoms with Crippen LogP contribution in [0.2, 0.25) is 0 Å². The van der Waals surface area contributed by atoms with Crippen molar-refractivity contribution in [2.45, 2.75) is 6.42 Å². The van der Waals surface area contributed by atoms with Crippen LogP contribution in [0.15, 0.2) is 29.8 Å². The highest BCUT2D eigenvalue weighted by atomic mass is 32.1. The van der Waals surface area contributed by atoms with Gasteiger partial charge in [0.15, 0.2) is 0 Å². The molecule has 0 aliphatic heterocycles. The molecule has 0 saturated heterocycles. The van der Waals surface area contributed by atoms with Crippen LogP contribution in [0.3, 0.4) is 0 Å². The van der Waals surface area contributed by atoms with Crippen molar-refractivity contribution in [2.75, 3.05) is 11.9 Å². The molecule has 0 spiro atoms. The van der Waals surface area contributed by atoms with Crippen LogP contribution in [0.1, 0.15) is 5.01 Å². The summed E-state index contributed by atoms with van der Waals surface area (Å²) < 4.78 is 26.6. The fraction of sp³-hybridized carbons (Fsp3) is 0.154. The van der Waals surface area contributed by atoms with Crippen LogP contribution in [0.4, 0.5) is 14.5 Å². The van der Waals surface area contributed by atoms with Crippen LogP contribution in [-0.2, 0) is 16.0 Å². The number of nitrogens with one attached hydrogen (secondary N) is 2. The summed E-state index contributed by atoms with van der Waals surface area (Å²) in [4.78, 5) is 27.1. The van der Waals surface area contributed by atoms with Gasteiger partial charge in [-0.1, -0.05) is 6.07 Å². The van der Waals surface area contributed by atoms with Crippen LogP contribution in [0, 0.1) is 11.6 Å². The molecule has 21 heavy (non-hydrogen) atoms. The summed E-state index contributed by atoms with van der Waals surface area (Å²) in [5.74, 6) is -3.98. The molecular formula is C13H11F2N3O2S. The molecule has 110 valence electrons. The Labute approximate surface area is 123 Å². The number of nitrogens with zero attached hydrogens (tertiary/aromatic N) is 1. The van der Waals surface area contributed by atoms with Crippen molar-refractivity contribution in [1.29, 1.82) is 0 Å². The summed E-state index contributed by atoms with van der Waals surface area (Å²) in [6, 6.07) is 3.13. The number of hydrogen-bond acceptors (Lipinski definition) is 4. The first-order valence-corrected chi connectivity index (χ1v) is 6.87. The largest absolute Gasteiger partial charge is 0.347 e. The van der Waals surface area contributed by atoms with E-state index in [1.54, 1.807) is 11.6 Å². The number of benzene rings is 1. The lowest BCUT2D eigenvalue weighted by atomic mass is 10.3. The average molecular weight is 311 g/mol. The Kier molecular flexibility index (Phi) is 4.94. The Hall–Kier alpha value is -2.35. The average Bonchev–Trinajstić information content (AvgIpc) is 2.96. The molecule has 0 aliphatic carbocycles. The quantitative estimate of drug-likeness (QED) is 0.845. The Morgan fingerprint density at radius 2 is 1.90 bits per heavy atom. The summed E-state index contributed by atoms with van der Waals surface area (Å²) in [5.41, 5.74) is -0.641. The van der Waals surface area contributed by atoms with Crippen LogP contribution >= 0.6 is 11.3 Å². The maximum absolute atomic E-state index is 13.3. The fourth-order valence-corrected chi connectivity index (χ4v) is 2.15. The molecule has 0 aliphatic rings. The van der Waals surface area contributed by atoms with Crippen LogP contribution in [0.25, 0.3) is 0 Å². The Morgan fingerprint density at radius 3 is 2.52 bits per heavy atom. The number of halogens is 2. The molecule has 0 unspecified atom stereocenters. The van der Waals surface area contributed by atoms with Gasteiger partial charge in [0.1, 0.15) is 17.3 Å². The summed E-state index contributed by atoms with van der Waals surface area (Å²) in [7, 11) is 0. The van der Waals surface area contributed by atoms with Crippen molar-refractivity contribution in [2.24, 2.45) is 0 Å². The Balaban J connectivity index is 1.86. The minimum Gasteiger partial charge on any atom is -0.347 e. The van der Waals surface area contributed by atoms with Gasteiger partial charge in [-0.2, -0.15) is 0 Å². The zero-order valence-electron chi connectivity index (χ0n) is 10.7. The van der Waals surface area contributed by atoms with E-state index in [9.17, 15) is 18.4 Å². The third kappa shape index (κ3) is 4.06. The fourth-order valence-electron chi connectivity index (χ4n) is 1.53. The number of carbonyl (C=O) groups excluding carboxylic acids is 2. The van der Waals surface area contributed by atoms with E-state index in [2.05, 4.69) is 10.3 Å². The zero-order valence-corrected chi connectivity index (χ0v) is 11.5. The molecule has 1 heterocycles. The lowest BCUT2D eigenvalue weighted by Gasteiger charge is -2.07. The van der Waals surface area contributed by atoms with Crippen molar-refractivity contribution in [3.8, 4) is 0 Å². The lowest BCUT2D eigenvalue weighted by Crippen LogP contribution is -2.36. The topological polar surface area (TPSA) is 71.1 Å². The highest BCUT2D eigenvalue weighted by molar-refractivity contribution is 7.09. The Morgan fingerprint density at radius 1 is 1.19 bits per heavy atom. The van der Waals surface area contributed by atoms with E-state index in [1.165, 1.54) is 11.3 Å². The molecule has 2 amide bonds. The Bertz CT molecular complexity index is 627. The van der Waals surface area contributed by atoms with Gasteiger partial charge in [-0.3, -0.25) is 9.59 Å².